The molecule has 2 N–H and O–H groups in total. The van der Waals surface area contributed by atoms with Gasteiger partial charge < -0.3 is 19.6 Å². The number of benzene rings is 1. The Balaban J connectivity index is 2.01. The fourth-order valence-electron chi connectivity index (χ4n) is 4.23. The Morgan fingerprint density at radius 3 is 2.78 bits per heavy atom. The number of unbranched alkanes of at least 4 members (excludes halogenated alkanes) is 1. The van der Waals surface area contributed by atoms with Crippen LogP contribution in [0.25, 0.3) is 11.0 Å². The summed E-state index contributed by atoms with van der Waals surface area (Å²) in [5.74, 6) is 0.208. The van der Waals surface area contributed by atoms with E-state index in [9.17, 15) is 5.11 Å². The zero-order valence-electron chi connectivity index (χ0n) is 17.3. The first-order valence-electron chi connectivity index (χ1n) is 10.3. The summed E-state index contributed by atoms with van der Waals surface area (Å²) < 4.78 is 11.6. The highest BCUT2D eigenvalue weighted by Crippen LogP contribution is 2.41. The quantitative estimate of drug-likeness (QED) is 0.530. The number of fused-ring (bicyclic) bond motifs is 1. The van der Waals surface area contributed by atoms with Crippen molar-refractivity contribution in [3.8, 4) is 0 Å². The van der Waals surface area contributed by atoms with Crippen LogP contribution < -0.4 is 10.7 Å². The molecule has 1 aliphatic heterocycles. The van der Waals surface area contributed by atoms with Gasteiger partial charge in [-0.3, -0.25) is 0 Å². The molecule has 1 fully saturated rings. The van der Waals surface area contributed by atoms with Crippen LogP contribution in [-0.4, -0.2) is 40.0 Å². The third-order valence-electron chi connectivity index (χ3n) is 5.88. The van der Waals surface area contributed by atoms with Crippen molar-refractivity contribution in [2.24, 2.45) is 5.92 Å². The van der Waals surface area contributed by atoms with E-state index in [1.54, 1.807) is 7.11 Å². The SMILES string of the molecule is COCCCC[C@@](O)(c1cccc2cc([Si](C)(C)C)oc12)[C@@H]1CCCNC1. The number of nitrogens with one attached hydrogen (secondary N) is 1. The lowest BCUT2D eigenvalue weighted by molar-refractivity contribution is -0.0427. The Hall–Kier alpha value is -1.14. The molecule has 0 aliphatic carbocycles. The van der Waals surface area contributed by atoms with Crippen molar-refractivity contribution in [3.63, 3.8) is 0 Å². The van der Waals surface area contributed by atoms with E-state index < -0.39 is 13.7 Å². The van der Waals surface area contributed by atoms with Gasteiger partial charge >= 0.3 is 0 Å². The Labute approximate surface area is 164 Å². The van der Waals surface area contributed by atoms with E-state index >= 15 is 0 Å². The van der Waals surface area contributed by atoms with Crippen LogP contribution in [0.4, 0.5) is 0 Å². The van der Waals surface area contributed by atoms with Gasteiger partial charge in [-0.1, -0.05) is 37.8 Å². The number of methoxy groups -OCH3 is 1. The van der Waals surface area contributed by atoms with Crippen molar-refractivity contribution in [1.82, 2.24) is 5.32 Å². The minimum Gasteiger partial charge on any atom is -0.466 e. The highest BCUT2D eigenvalue weighted by molar-refractivity contribution is 6.87. The van der Waals surface area contributed by atoms with Gasteiger partial charge in [0.1, 0.15) is 13.7 Å². The minimum atomic E-state index is -1.55. The van der Waals surface area contributed by atoms with E-state index in [0.29, 0.717) is 0 Å². The van der Waals surface area contributed by atoms with Crippen LogP contribution in [0.2, 0.25) is 19.6 Å². The van der Waals surface area contributed by atoms with Crippen molar-refractivity contribution < 1.29 is 14.3 Å². The molecule has 150 valence electrons. The molecule has 0 spiro atoms. The largest absolute Gasteiger partial charge is 0.466 e. The van der Waals surface area contributed by atoms with Gasteiger partial charge in [0, 0.05) is 37.1 Å². The summed E-state index contributed by atoms with van der Waals surface area (Å²) in [7, 11) is 0.184. The lowest BCUT2D eigenvalue weighted by atomic mass is 9.74. The van der Waals surface area contributed by atoms with Gasteiger partial charge in [-0.05, 0) is 44.7 Å². The maximum absolute atomic E-state index is 12.0. The van der Waals surface area contributed by atoms with Crippen molar-refractivity contribution in [1.29, 1.82) is 0 Å². The zero-order chi connectivity index (χ0) is 19.5. The number of aliphatic hydroxyl groups is 1. The summed E-state index contributed by atoms with van der Waals surface area (Å²) in [6, 6.07) is 8.44. The van der Waals surface area contributed by atoms with Gasteiger partial charge in [-0.15, -0.1) is 0 Å². The molecule has 2 atom stereocenters. The molecule has 0 saturated carbocycles. The summed E-state index contributed by atoms with van der Waals surface area (Å²) in [6.07, 6.45) is 4.81. The standard InChI is InChI=1S/C22H35NO3Si/c1-25-14-6-5-12-22(24,18-10-8-13-23-16-18)19-11-7-9-17-15-20(26-21(17)19)27(2,3)4/h7,9,11,15,18,23-24H,5-6,8,10,12-14,16H2,1-4H3/t18-,22+/m1/s1. The molecule has 5 heteroatoms. The van der Waals surface area contributed by atoms with Gasteiger partial charge in [0.05, 0.1) is 11.0 Å². The Morgan fingerprint density at radius 1 is 1.30 bits per heavy atom. The van der Waals surface area contributed by atoms with Crippen LogP contribution in [0.1, 0.15) is 37.7 Å². The number of rotatable bonds is 8. The first kappa shape index (κ1) is 20.6. The van der Waals surface area contributed by atoms with E-state index in [4.69, 9.17) is 9.15 Å². The summed E-state index contributed by atoms with van der Waals surface area (Å²) >= 11 is 0. The summed E-state index contributed by atoms with van der Waals surface area (Å²) in [6.45, 7) is 9.54. The van der Waals surface area contributed by atoms with E-state index in [0.717, 1.165) is 73.7 Å². The fourth-order valence-corrected chi connectivity index (χ4v) is 5.23. The molecule has 0 unspecified atom stereocenters. The lowest BCUT2D eigenvalue weighted by Gasteiger charge is -2.39. The fraction of sp³-hybridized carbons (Fsp3) is 0.636. The van der Waals surface area contributed by atoms with E-state index in [1.807, 2.05) is 0 Å². The van der Waals surface area contributed by atoms with Crippen LogP contribution in [-0.2, 0) is 10.3 Å². The lowest BCUT2D eigenvalue weighted by Crippen LogP contribution is -2.44. The van der Waals surface area contributed by atoms with Crippen LogP contribution in [0, 0.1) is 5.92 Å². The maximum Gasteiger partial charge on any atom is 0.139 e. The average Bonchev–Trinajstić information content (AvgIpc) is 3.10. The molecular weight excluding hydrogens is 354 g/mol. The molecule has 4 nitrogen and oxygen atoms in total. The van der Waals surface area contributed by atoms with E-state index in [1.165, 1.54) is 0 Å². The molecule has 1 aromatic carbocycles. The molecule has 2 aromatic rings. The molecule has 0 radical (unpaired) electrons. The van der Waals surface area contributed by atoms with Crippen LogP contribution in [0.15, 0.2) is 28.7 Å². The highest BCUT2D eigenvalue weighted by atomic mass is 28.3. The Morgan fingerprint density at radius 2 is 2.11 bits per heavy atom. The molecule has 1 saturated heterocycles. The molecule has 1 aliphatic rings. The number of hydrogen-bond acceptors (Lipinski definition) is 4. The zero-order valence-corrected chi connectivity index (χ0v) is 18.3. The van der Waals surface area contributed by atoms with Gasteiger partial charge in [-0.25, -0.2) is 0 Å². The normalized spacial score (nSPS) is 20.7. The van der Waals surface area contributed by atoms with Crippen LogP contribution in [0.3, 0.4) is 0 Å². The minimum absolute atomic E-state index is 0.208. The monoisotopic (exact) mass is 389 g/mol. The number of piperidine rings is 1. The van der Waals surface area contributed by atoms with Gasteiger partial charge in [0.25, 0.3) is 0 Å². The smallest absolute Gasteiger partial charge is 0.139 e. The second-order valence-corrected chi connectivity index (χ2v) is 14.0. The third kappa shape index (κ3) is 4.48. The van der Waals surface area contributed by atoms with Crippen LogP contribution in [0.5, 0.6) is 0 Å². The second-order valence-electron chi connectivity index (χ2n) is 9.00. The van der Waals surface area contributed by atoms with E-state index in [-0.39, 0.29) is 5.92 Å². The molecule has 0 bridgehead atoms. The predicted molar refractivity (Wildman–Crippen MR) is 114 cm³/mol. The maximum atomic E-state index is 12.0. The topological polar surface area (TPSA) is 54.6 Å². The van der Waals surface area contributed by atoms with Crippen molar-refractivity contribution in [2.45, 2.75) is 57.3 Å². The Kier molecular flexibility index (Phi) is 6.46. The third-order valence-corrected chi connectivity index (χ3v) is 7.60. The van der Waals surface area contributed by atoms with Gasteiger partial charge in [0.15, 0.2) is 0 Å². The molecular formula is C22H35NO3Si. The summed E-state index contributed by atoms with van der Waals surface area (Å²) in [5, 5.41) is 17.7. The van der Waals surface area contributed by atoms with Crippen molar-refractivity contribution in [2.75, 3.05) is 26.8 Å². The number of para-hydroxylation sites is 1. The van der Waals surface area contributed by atoms with Crippen LogP contribution >= 0.6 is 0 Å². The van der Waals surface area contributed by atoms with Crippen molar-refractivity contribution in [3.05, 3.63) is 29.8 Å². The van der Waals surface area contributed by atoms with Gasteiger partial charge in [0.2, 0.25) is 0 Å². The molecule has 0 amide bonds. The molecule has 1 aromatic heterocycles. The highest BCUT2D eigenvalue weighted by Gasteiger charge is 2.40. The second kappa shape index (κ2) is 8.48. The predicted octanol–water partition coefficient (Wildman–Crippen LogP) is 3.98. The summed E-state index contributed by atoms with van der Waals surface area (Å²) in [4.78, 5) is 0. The molecule has 27 heavy (non-hydrogen) atoms. The molecule has 2 heterocycles. The number of hydrogen-bond donors (Lipinski definition) is 2. The first-order valence-corrected chi connectivity index (χ1v) is 13.8. The Bertz CT molecular complexity index is 746. The molecule has 3 rings (SSSR count). The average molecular weight is 390 g/mol. The summed E-state index contributed by atoms with van der Waals surface area (Å²) in [5.41, 5.74) is 0.986. The number of furan rings is 1. The van der Waals surface area contributed by atoms with Crippen molar-refractivity contribution >= 4 is 24.4 Å². The number of ether oxygens (including phenoxy) is 1. The first-order chi connectivity index (χ1) is 12.9. The van der Waals surface area contributed by atoms with E-state index in [2.05, 4.69) is 49.2 Å². The van der Waals surface area contributed by atoms with Gasteiger partial charge in [-0.2, -0.15) is 0 Å².